The molecule has 0 saturated carbocycles. The standard InChI is InChI=1S/C23H23ClN4O7/c24-14-4-7-17-16(10-14)23(35-22(34)27-17)8-1-9-28(12-23)20(31)18(11-29)26-19(30)13-2-5-15(6-3-13)25-21(32)33/h2-7,10,18,25,29H,1,8-9,11-12H2,(H,26,30)(H,27,34)(H,32,33)/t18-,23-/m0/s1. The first-order valence-electron chi connectivity index (χ1n) is 10.8. The number of halogens is 1. The van der Waals surface area contributed by atoms with E-state index in [4.69, 9.17) is 21.4 Å². The molecule has 0 bridgehead atoms. The van der Waals surface area contributed by atoms with E-state index in [-0.39, 0.29) is 17.8 Å². The second kappa shape index (κ2) is 9.80. The molecule has 0 aliphatic carbocycles. The van der Waals surface area contributed by atoms with E-state index in [2.05, 4.69) is 16.0 Å². The smallest absolute Gasteiger partial charge is 0.412 e. The molecular formula is C23H23ClN4O7. The molecule has 0 radical (unpaired) electrons. The van der Waals surface area contributed by atoms with Gasteiger partial charge in [0.15, 0.2) is 5.60 Å². The maximum Gasteiger partial charge on any atom is 0.412 e. The maximum absolute atomic E-state index is 13.3. The van der Waals surface area contributed by atoms with Crippen molar-refractivity contribution in [1.29, 1.82) is 0 Å². The molecule has 5 N–H and O–H groups in total. The summed E-state index contributed by atoms with van der Waals surface area (Å²) in [6.45, 7) is -0.256. The summed E-state index contributed by atoms with van der Waals surface area (Å²) < 4.78 is 5.68. The molecule has 1 spiro atoms. The predicted molar refractivity (Wildman–Crippen MR) is 125 cm³/mol. The number of likely N-dealkylation sites (tertiary alicyclic amines) is 1. The van der Waals surface area contributed by atoms with Gasteiger partial charge in [-0.2, -0.15) is 0 Å². The molecule has 12 heteroatoms. The van der Waals surface area contributed by atoms with Crippen LogP contribution in [0.5, 0.6) is 0 Å². The second-order valence-corrected chi connectivity index (χ2v) is 8.71. The number of amides is 4. The van der Waals surface area contributed by atoms with E-state index in [0.29, 0.717) is 35.7 Å². The quantitative estimate of drug-likeness (QED) is 0.420. The largest absolute Gasteiger partial charge is 0.465 e. The van der Waals surface area contributed by atoms with Crippen LogP contribution in [0, 0.1) is 0 Å². The van der Waals surface area contributed by atoms with Crippen LogP contribution < -0.4 is 16.0 Å². The van der Waals surface area contributed by atoms with Gasteiger partial charge in [0.05, 0.1) is 18.8 Å². The van der Waals surface area contributed by atoms with Crippen molar-refractivity contribution in [2.45, 2.75) is 24.5 Å². The van der Waals surface area contributed by atoms with Crippen LogP contribution in [0.3, 0.4) is 0 Å². The minimum absolute atomic E-state index is 0.0362. The number of aliphatic hydroxyl groups is 1. The monoisotopic (exact) mass is 502 g/mol. The average Bonchev–Trinajstić information content (AvgIpc) is 2.82. The fourth-order valence-corrected chi connectivity index (χ4v) is 4.53. The minimum atomic E-state index is -1.24. The van der Waals surface area contributed by atoms with Gasteiger partial charge in [-0.3, -0.25) is 20.2 Å². The Morgan fingerprint density at radius 2 is 1.94 bits per heavy atom. The third-order valence-electron chi connectivity index (χ3n) is 5.95. The molecule has 0 aromatic heterocycles. The van der Waals surface area contributed by atoms with Gasteiger partial charge >= 0.3 is 12.2 Å². The zero-order valence-electron chi connectivity index (χ0n) is 18.4. The zero-order chi connectivity index (χ0) is 25.2. The number of nitrogens with one attached hydrogen (secondary N) is 3. The number of carboxylic acid groups (broad SMARTS) is 1. The number of aliphatic hydroxyl groups excluding tert-OH is 1. The average molecular weight is 503 g/mol. The number of fused-ring (bicyclic) bond motifs is 2. The molecule has 2 atom stereocenters. The highest BCUT2D eigenvalue weighted by Gasteiger charge is 2.47. The molecular weight excluding hydrogens is 480 g/mol. The third-order valence-corrected chi connectivity index (χ3v) is 6.18. The van der Waals surface area contributed by atoms with Gasteiger partial charge in [-0.25, -0.2) is 9.59 Å². The van der Waals surface area contributed by atoms with Crippen molar-refractivity contribution in [3.63, 3.8) is 0 Å². The highest BCUT2D eigenvalue weighted by atomic mass is 35.5. The van der Waals surface area contributed by atoms with Crippen LogP contribution in [-0.4, -0.2) is 64.9 Å². The lowest BCUT2D eigenvalue weighted by atomic mass is 9.83. The first-order chi connectivity index (χ1) is 16.7. The lowest BCUT2D eigenvalue weighted by Gasteiger charge is -2.45. The van der Waals surface area contributed by atoms with Crippen LogP contribution in [0.25, 0.3) is 0 Å². The Hall–Kier alpha value is -3.83. The zero-order valence-corrected chi connectivity index (χ0v) is 19.2. The number of ether oxygens (including phenoxy) is 1. The van der Waals surface area contributed by atoms with Crippen molar-refractivity contribution in [2.75, 3.05) is 30.3 Å². The molecule has 2 aliphatic heterocycles. The van der Waals surface area contributed by atoms with E-state index in [0.717, 1.165) is 0 Å². The van der Waals surface area contributed by atoms with E-state index in [1.165, 1.54) is 29.2 Å². The first kappa shape index (κ1) is 24.3. The van der Waals surface area contributed by atoms with Crippen molar-refractivity contribution in [3.05, 3.63) is 58.6 Å². The second-order valence-electron chi connectivity index (χ2n) is 8.28. The van der Waals surface area contributed by atoms with E-state index >= 15 is 0 Å². The molecule has 4 amide bonds. The van der Waals surface area contributed by atoms with Crippen LogP contribution in [0.4, 0.5) is 21.0 Å². The fourth-order valence-electron chi connectivity index (χ4n) is 4.36. The molecule has 4 rings (SSSR count). The predicted octanol–water partition coefficient (Wildman–Crippen LogP) is 2.60. The number of hydrogen-bond donors (Lipinski definition) is 5. The summed E-state index contributed by atoms with van der Waals surface area (Å²) in [5.41, 5.74) is 0.556. The van der Waals surface area contributed by atoms with Crippen molar-refractivity contribution in [3.8, 4) is 0 Å². The van der Waals surface area contributed by atoms with Gasteiger partial charge in [0.1, 0.15) is 6.04 Å². The molecule has 35 heavy (non-hydrogen) atoms. The van der Waals surface area contributed by atoms with Crippen molar-refractivity contribution in [2.24, 2.45) is 0 Å². The Balaban J connectivity index is 1.49. The van der Waals surface area contributed by atoms with Gasteiger partial charge < -0.3 is 25.2 Å². The van der Waals surface area contributed by atoms with Gasteiger partial charge in [-0.1, -0.05) is 11.6 Å². The number of carbonyl (C=O) groups excluding carboxylic acids is 3. The van der Waals surface area contributed by atoms with Crippen LogP contribution in [0.1, 0.15) is 28.8 Å². The highest BCUT2D eigenvalue weighted by Crippen LogP contribution is 2.43. The molecule has 1 saturated heterocycles. The molecule has 184 valence electrons. The molecule has 2 heterocycles. The number of nitrogens with zero attached hydrogens (tertiary/aromatic N) is 1. The van der Waals surface area contributed by atoms with Crippen molar-refractivity contribution in [1.82, 2.24) is 10.2 Å². The van der Waals surface area contributed by atoms with Gasteiger partial charge in [0, 0.05) is 28.4 Å². The number of hydrogen-bond acceptors (Lipinski definition) is 6. The molecule has 2 aromatic rings. The van der Waals surface area contributed by atoms with Gasteiger partial charge in [-0.05, 0) is 55.3 Å². The summed E-state index contributed by atoms with van der Waals surface area (Å²) in [6, 6.07) is 9.38. The van der Waals surface area contributed by atoms with Crippen molar-refractivity contribution < 1.29 is 34.1 Å². The molecule has 2 aromatic carbocycles. The number of benzene rings is 2. The summed E-state index contributed by atoms with van der Waals surface area (Å²) in [5, 5.41) is 26.4. The van der Waals surface area contributed by atoms with Crippen LogP contribution >= 0.6 is 11.6 Å². The van der Waals surface area contributed by atoms with Gasteiger partial charge in [-0.15, -0.1) is 0 Å². The minimum Gasteiger partial charge on any atom is -0.465 e. The lowest BCUT2D eigenvalue weighted by Crippen LogP contribution is -2.58. The van der Waals surface area contributed by atoms with E-state index in [1.807, 2.05) is 0 Å². The fraction of sp³-hybridized carbons (Fsp3) is 0.304. The summed E-state index contributed by atoms with van der Waals surface area (Å²) in [6.07, 6.45) is -0.877. The Bertz CT molecular complexity index is 1170. The van der Waals surface area contributed by atoms with E-state index in [9.17, 15) is 24.3 Å². The van der Waals surface area contributed by atoms with E-state index in [1.54, 1.807) is 18.2 Å². The normalized spacial score (nSPS) is 19.7. The number of rotatable bonds is 5. The van der Waals surface area contributed by atoms with E-state index < -0.39 is 42.3 Å². The number of anilines is 2. The SMILES string of the molecule is O=C(O)Nc1ccc(C(=O)N[C@@H](CO)C(=O)N2CCC[C@@]3(C2)OC(=O)Nc2ccc(Cl)cc23)cc1. The summed E-state index contributed by atoms with van der Waals surface area (Å²) in [4.78, 5) is 50.3. The lowest BCUT2D eigenvalue weighted by molar-refractivity contribution is -0.142. The Morgan fingerprint density at radius 1 is 1.20 bits per heavy atom. The van der Waals surface area contributed by atoms with Crippen molar-refractivity contribution >= 4 is 47.0 Å². The number of piperidine rings is 1. The Kier molecular flexibility index (Phi) is 6.81. The summed E-state index contributed by atoms with van der Waals surface area (Å²) in [7, 11) is 0. The first-order valence-corrected chi connectivity index (χ1v) is 11.2. The molecule has 1 fully saturated rings. The summed E-state index contributed by atoms with van der Waals surface area (Å²) in [5.74, 6) is -1.14. The van der Waals surface area contributed by atoms with Gasteiger partial charge in [0.2, 0.25) is 5.91 Å². The van der Waals surface area contributed by atoms with Crippen LogP contribution in [0.2, 0.25) is 5.02 Å². The molecule has 0 unspecified atom stereocenters. The molecule has 2 aliphatic rings. The maximum atomic E-state index is 13.3. The Morgan fingerprint density at radius 3 is 2.63 bits per heavy atom. The highest BCUT2D eigenvalue weighted by molar-refractivity contribution is 6.30. The van der Waals surface area contributed by atoms with Crippen LogP contribution in [-0.2, 0) is 15.1 Å². The Labute approximate surface area is 205 Å². The number of carbonyl (C=O) groups is 4. The third kappa shape index (κ3) is 5.15. The summed E-state index contributed by atoms with van der Waals surface area (Å²) >= 11 is 6.17. The van der Waals surface area contributed by atoms with Crippen LogP contribution in [0.15, 0.2) is 42.5 Å². The van der Waals surface area contributed by atoms with Gasteiger partial charge in [0.25, 0.3) is 5.91 Å². The molecule has 11 nitrogen and oxygen atoms in total. The topological polar surface area (TPSA) is 157 Å².